The average molecular weight is 335 g/mol. The molecule has 0 bridgehead atoms. The SMILES string of the molecule is CCC(C(=O)N1CCC(COC)(C(=O)O)C1)c1ccc(OC)cc1. The predicted octanol–water partition coefficient (Wildman–Crippen LogP) is 2.14. The number of amides is 1. The zero-order valence-electron chi connectivity index (χ0n) is 14.4. The molecule has 6 heteroatoms. The summed E-state index contributed by atoms with van der Waals surface area (Å²) in [6.45, 7) is 2.72. The number of nitrogens with zero attached hydrogens (tertiary/aromatic N) is 1. The second-order valence-corrected chi connectivity index (χ2v) is 6.26. The normalized spacial score (nSPS) is 21.5. The van der Waals surface area contributed by atoms with Crippen LogP contribution in [-0.4, -0.2) is 55.8 Å². The quantitative estimate of drug-likeness (QED) is 0.826. The summed E-state index contributed by atoms with van der Waals surface area (Å²) < 4.78 is 10.2. The molecule has 24 heavy (non-hydrogen) atoms. The minimum Gasteiger partial charge on any atom is -0.497 e. The minimum absolute atomic E-state index is 0.0260. The Kier molecular flexibility index (Phi) is 5.83. The Balaban J connectivity index is 2.15. The number of hydrogen-bond donors (Lipinski definition) is 1. The van der Waals surface area contributed by atoms with E-state index < -0.39 is 11.4 Å². The van der Waals surface area contributed by atoms with Crippen molar-refractivity contribution in [3.05, 3.63) is 29.8 Å². The predicted molar refractivity (Wildman–Crippen MR) is 89.2 cm³/mol. The number of rotatable bonds is 7. The number of carbonyl (C=O) groups excluding carboxylic acids is 1. The van der Waals surface area contributed by atoms with Crippen LogP contribution in [0.25, 0.3) is 0 Å². The van der Waals surface area contributed by atoms with E-state index in [-0.39, 0.29) is 25.0 Å². The lowest BCUT2D eigenvalue weighted by Crippen LogP contribution is -2.41. The first-order valence-electron chi connectivity index (χ1n) is 8.12. The molecule has 2 rings (SSSR count). The third-order valence-corrected chi connectivity index (χ3v) is 4.76. The van der Waals surface area contributed by atoms with Gasteiger partial charge in [0.15, 0.2) is 0 Å². The van der Waals surface area contributed by atoms with Crippen molar-refractivity contribution in [2.75, 3.05) is 33.9 Å². The lowest BCUT2D eigenvalue weighted by Gasteiger charge is -2.26. The van der Waals surface area contributed by atoms with Crippen LogP contribution < -0.4 is 4.74 Å². The van der Waals surface area contributed by atoms with Gasteiger partial charge in [-0.2, -0.15) is 0 Å². The highest BCUT2D eigenvalue weighted by Crippen LogP contribution is 2.34. The van der Waals surface area contributed by atoms with Gasteiger partial charge >= 0.3 is 5.97 Å². The number of carbonyl (C=O) groups is 2. The molecule has 1 saturated heterocycles. The summed E-state index contributed by atoms with van der Waals surface area (Å²) in [5, 5.41) is 9.53. The van der Waals surface area contributed by atoms with Gasteiger partial charge in [0.1, 0.15) is 11.2 Å². The number of likely N-dealkylation sites (tertiary alicyclic amines) is 1. The molecule has 1 amide bonds. The van der Waals surface area contributed by atoms with Crippen molar-refractivity contribution in [3.8, 4) is 5.75 Å². The molecule has 1 aromatic rings. The molecule has 2 atom stereocenters. The Morgan fingerprint density at radius 2 is 1.96 bits per heavy atom. The van der Waals surface area contributed by atoms with Crippen LogP contribution in [0.1, 0.15) is 31.2 Å². The van der Waals surface area contributed by atoms with Gasteiger partial charge in [-0.3, -0.25) is 9.59 Å². The fourth-order valence-electron chi connectivity index (χ4n) is 3.30. The maximum Gasteiger partial charge on any atom is 0.313 e. The topological polar surface area (TPSA) is 76.1 Å². The molecule has 0 aromatic heterocycles. The molecule has 132 valence electrons. The number of methoxy groups -OCH3 is 2. The summed E-state index contributed by atoms with van der Waals surface area (Å²) >= 11 is 0. The zero-order chi connectivity index (χ0) is 17.7. The molecule has 0 radical (unpaired) electrons. The van der Waals surface area contributed by atoms with Gasteiger partial charge < -0.3 is 19.5 Å². The van der Waals surface area contributed by atoms with Crippen LogP contribution in [-0.2, 0) is 14.3 Å². The number of aliphatic carboxylic acids is 1. The van der Waals surface area contributed by atoms with E-state index >= 15 is 0 Å². The largest absolute Gasteiger partial charge is 0.497 e. The smallest absolute Gasteiger partial charge is 0.313 e. The number of ether oxygens (including phenoxy) is 2. The lowest BCUT2D eigenvalue weighted by atomic mass is 9.88. The molecule has 1 aromatic carbocycles. The molecular weight excluding hydrogens is 310 g/mol. The highest BCUT2D eigenvalue weighted by atomic mass is 16.5. The number of hydrogen-bond acceptors (Lipinski definition) is 4. The van der Waals surface area contributed by atoms with E-state index in [0.717, 1.165) is 11.3 Å². The van der Waals surface area contributed by atoms with E-state index in [1.807, 2.05) is 31.2 Å². The minimum atomic E-state index is -0.997. The highest BCUT2D eigenvalue weighted by molar-refractivity contribution is 5.85. The van der Waals surface area contributed by atoms with Crippen LogP contribution in [0.5, 0.6) is 5.75 Å². The summed E-state index contributed by atoms with van der Waals surface area (Å²) in [4.78, 5) is 26.2. The molecule has 0 spiro atoms. The first-order chi connectivity index (χ1) is 11.5. The van der Waals surface area contributed by atoms with Gasteiger partial charge in [-0.05, 0) is 30.5 Å². The first-order valence-corrected chi connectivity index (χ1v) is 8.12. The van der Waals surface area contributed by atoms with Crippen LogP contribution in [0.15, 0.2) is 24.3 Å². The summed E-state index contributed by atoms with van der Waals surface area (Å²) in [6, 6.07) is 7.45. The third-order valence-electron chi connectivity index (χ3n) is 4.76. The molecule has 0 saturated carbocycles. The van der Waals surface area contributed by atoms with Crippen molar-refractivity contribution in [1.82, 2.24) is 4.90 Å². The van der Waals surface area contributed by atoms with E-state index in [0.29, 0.717) is 19.4 Å². The molecular formula is C18H25NO5. The van der Waals surface area contributed by atoms with Crippen molar-refractivity contribution in [1.29, 1.82) is 0 Å². The average Bonchev–Trinajstić information content (AvgIpc) is 3.02. The molecule has 6 nitrogen and oxygen atoms in total. The van der Waals surface area contributed by atoms with Crippen molar-refractivity contribution < 1.29 is 24.2 Å². The summed E-state index contributed by atoms with van der Waals surface area (Å²) in [5.74, 6) is -0.464. The van der Waals surface area contributed by atoms with Crippen molar-refractivity contribution in [3.63, 3.8) is 0 Å². The Hall–Kier alpha value is -2.08. The molecule has 1 N–H and O–H groups in total. The Labute approximate surface area is 142 Å². The van der Waals surface area contributed by atoms with E-state index in [9.17, 15) is 14.7 Å². The summed E-state index contributed by atoms with van der Waals surface area (Å²) in [5.41, 5.74) is -0.0781. The van der Waals surface area contributed by atoms with E-state index in [4.69, 9.17) is 9.47 Å². The summed E-state index contributed by atoms with van der Waals surface area (Å²) in [6.07, 6.45) is 1.08. The fourth-order valence-corrected chi connectivity index (χ4v) is 3.30. The lowest BCUT2D eigenvalue weighted by molar-refractivity contribution is -0.151. The number of carboxylic acids is 1. The summed E-state index contributed by atoms with van der Waals surface area (Å²) in [7, 11) is 3.09. The molecule has 1 fully saturated rings. The number of carboxylic acid groups (broad SMARTS) is 1. The van der Waals surface area contributed by atoms with Crippen molar-refractivity contribution in [2.45, 2.75) is 25.7 Å². The van der Waals surface area contributed by atoms with Crippen LogP contribution in [0, 0.1) is 5.41 Å². The maximum atomic E-state index is 12.9. The Morgan fingerprint density at radius 3 is 2.46 bits per heavy atom. The van der Waals surface area contributed by atoms with Gasteiger partial charge in [0.25, 0.3) is 0 Å². The second-order valence-electron chi connectivity index (χ2n) is 6.26. The molecule has 1 heterocycles. The maximum absolute atomic E-state index is 12.9. The Bertz CT molecular complexity index is 586. The zero-order valence-corrected chi connectivity index (χ0v) is 14.4. The fraction of sp³-hybridized carbons (Fsp3) is 0.556. The molecule has 2 unspecified atom stereocenters. The number of benzene rings is 1. The second kappa shape index (κ2) is 7.66. The van der Waals surface area contributed by atoms with Crippen LogP contribution in [0.4, 0.5) is 0 Å². The van der Waals surface area contributed by atoms with Gasteiger partial charge in [-0.1, -0.05) is 19.1 Å². The van der Waals surface area contributed by atoms with E-state index in [1.54, 1.807) is 12.0 Å². The van der Waals surface area contributed by atoms with Crippen LogP contribution in [0.3, 0.4) is 0 Å². The van der Waals surface area contributed by atoms with Gasteiger partial charge in [0.05, 0.1) is 19.6 Å². The van der Waals surface area contributed by atoms with Gasteiger partial charge in [0, 0.05) is 20.2 Å². The van der Waals surface area contributed by atoms with E-state index in [1.165, 1.54) is 7.11 Å². The van der Waals surface area contributed by atoms with Crippen LogP contribution in [0.2, 0.25) is 0 Å². The van der Waals surface area contributed by atoms with Gasteiger partial charge in [-0.15, -0.1) is 0 Å². The van der Waals surface area contributed by atoms with Crippen molar-refractivity contribution >= 4 is 11.9 Å². The highest BCUT2D eigenvalue weighted by Gasteiger charge is 2.47. The molecule has 1 aliphatic rings. The Morgan fingerprint density at radius 1 is 1.29 bits per heavy atom. The van der Waals surface area contributed by atoms with E-state index in [2.05, 4.69) is 0 Å². The third kappa shape index (κ3) is 3.53. The van der Waals surface area contributed by atoms with Crippen LogP contribution >= 0.6 is 0 Å². The van der Waals surface area contributed by atoms with Gasteiger partial charge in [0.2, 0.25) is 5.91 Å². The monoisotopic (exact) mass is 335 g/mol. The van der Waals surface area contributed by atoms with Crippen molar-refractivity contribution in [2.24, 2.45) is 5.41 Å². The molecule has 0 aliphatic carbocycles. The van der Waals surface area contributed by atoms with Gasteiger partial charge in [-0.25, -0.2) is 0 Å². The molecule has 1 aliphatic heterocycles. The first kappa shape index (κ1) is 18.3. The standard InChI is InChI=1S/C18H25NO5/c1-4-15(13-5-7-14(24-3)8-6-13)16(20)19-10-9-18(11-19,12-23-2)17(21)22/h5-8,15H,4,9-12H2,1-3H3,(H,21,22).